The Kier molecular flexibility index (Phi) is 10.4. The fourth-order valence-corrected chi connectivity index (χ4v) is 10.0. The first-order chi connectivity index (χ1) is 27.8. The SMILES string of the molecule is O=C1CN2c3c(cccc3[C@@H]3CN(CCCC(=O)c4ccc(F)cc4)CC[C@@H]32)N1.O=C1CN2c3c(cccc3[C@@H]3CN(CCCOc4ccc(F)cc4)CC[C@@H]32)N1. The number of nitrogens with one attached hydrogen (secondary N) is 2. The number of piperidine rings is 2. The number of nitrogens with zero attached hydrogens (tertiary/aromatic N) is 4. The number of likely N-dealkylation sites (tertiary alicyclic amines) is 2. The van der Waals surface area contributed by atoms with Crippen molar-refractivity contribution in [1.29, 1.82) is 0 Å². The third kappa shape index (κ3) is 7.60. The van der Waals surface area contributed by atoms with Crippen LogP contribution in [0, 0.1) is 11.6 Å². The average molecular weight is 775 g/mol. The van der Waals surface area contributed by atoms with Crippen LogP contribution in [0.3, 0.4) is 0 Å². The number of halogens is 2. The Morgan fingerprint density at radius 3 is 1.72 bits per heavy atom. The molecule has 4 aromatic carbocycles. The average Bonchev–Trinajstić information content (AvgIpc) is 3.70. The van der Waals surface area contributed by atoms with Gasteiger partial charge in [-0.25, -0.2) is 8.78 Å². The first kappa shape index (κ1) is 37.3. The van der Waals surface area contributed by atoms with E-state index in [1.165, 1.54) is 46.8 Å². The molecule has 0 aliphatic carbocycles. The van der Waals surface area contributed by atoms with Crippen LogP contribution in [0.2, 0.25) is 0 Å². The molecule has 2 saturated heterocycles. The first-order valence-electron chi connectivity index (χ1n) is 20.3. The Hall–Kier alpha value is -5.33. The van der Waals surface area contributed by atoms with Gasteiger partial charge in [0.1, 0.15) is 17.4 Å². The number of Topliss-reactive ketones (excluding diaryl/α,β-unsaturated/α-hetero) is 1. The Morgan fingerprint density at radius 2 is 1.18 bits per heavy atom. The van der Waals surface area contributed by atoms with Gasteiger partial charge in [-0.15, -0.1) is 0 Å². The highest BCUT2D eigenvalue weighted by molar-refractivity contribution is 6.04. The number of anilines is 4. The third-order valence-corrected chi connectivity index (χ3v) is 12.6. The summed E-state index contributed by atoms with van der Waals surface area (Å²) < 4.78 is 31.7. The molecule has 6 aliphatic heterocycles. The Bertz CT molecular complexity index is 2150. The predicted molar refractivity (Wildman–Crippen MR) is 216 cm³/mol. The minimum Gasteiger partial charge on any atom is -0.494 e. The summed E-state index contributed by atoms with van der Waals surface area (Å²) in [5, 5.41) is 6.02. The molecule has 0 spiro atoms. The Labute approximate surface area is 331 Å². The van der Waals surface area contributed by atoms with Crippen LogP contribution in [-0.2, 0) is 9.59 Å². The van der Waals surface area contributed by atoms with Crippen LogP contribution < -0.4 is 25.2 Å². The molecule has 4 aromatic rings. The zero-order valence-corrected chi connectivity index (χ0v) is 32.0. The molecule has 0 saturated carbocycles. The maximum Gasteiger partial charge on any atom is 0.243 e. The van der Waals surface area contributed by atoms with Crippen molar-refractivity contribution in [1.82, 2.24) is 9.80 Å². The number of hydrogen-bond donors (Lipinski definition) is 2. The molecule has 0 unspecified atom stereocenters. The maximum absolute atomic E-state index is 13.0. The van der Waals surface area contributed by atoms with Crippen molar-refractivity contribution in [2.45, 2.75) is 56.0 Å². The van der Waals surface area contributed by atoms with Gasteiger partial charge in [0, 0.05) is 68.6 Å². The minimum absolute atomic E-state index is 0.0667. The van der Waals surface area contributed by atoms with Gasteiger partial charge in [-0.2, -0.15) is 0 Å². The fourth-order valence-electron chi connectivity index (χ4n) is 10.0. The zero-order valence-electron chi connectivity index (χ0n) is 32.0. The number of para-hydroxylation sites is 2. The molecule has 10 rings (SSSR count). The number of ketones is 1. The third-order valence-electron chi connectivity index (χ3n) is 12.6. The van der Waals surface area contributed by atoms with Gasteiger partial charge >= 0.3 is 0 Å². The summed E-state index contributed by atoms with van der Waals surface area (Å²) >= 11 is 0. The Morgan fingerprint density at radius 1 is 0.667 bits per heavy atom. The van der Waals surface area contributed by atoms with E-state index in [0.717, 1.165) is 76.3 Å². The van der Waals surface area contributed by atoms with Crippen LogP contribution in [0.25, 0.3) is 0 Å². The van der Waals surface area contributed by atoms with Crippen molar-refractivity contribution in [2.24, 2.45) is 0 Å². The molecule has 6 aliphatic rings. The van der Waals surface area contributed by atoms with Gasteiger partial charge in [-0.3, -0.25) is 14.4 Å². The quantitative estimate of drug-likeness (QED) is 0.137. The predicted octanol–water partition coefficient (Wildman–Crippen LogP) is 6.64. The second-order valence-electron chi connectivity index (χ2n) is 16.1. The fraction of sp³-hybridized carbons (Fsp3) is 0.400. The van der Waals surface area contributed by atoms with Crippen LogP contribution >= 0.6 is 0 Å². The highest BCUT2D eigenvalue weighted by Gasteiger charge is 2.46. The molecular formula is C45H48F2N6O4. The lowest BCUT2D eigenvalue weighted by atomic mass is 9.89. The van der Waals surface area contributed by atoms with Crippen molar-refractivity contribution in [3.63, 3.8) is 0 Å². The number of carbonyl (C=O) groups is 3. The molecular weight excluding hydrogens is 727 g/mol. The number of carbonyl (C=O) groups excluding carboxylic acids is 3. The zero-order chi connectivity index (χ0) is 39.0. The smallest absolute Gasteiger partial charge is 0.243 e. The van der Waals surface area contributed by atoms with Gasteiger partial charge in [0.15, 0.2) is 5.78 Å². The van der Waals surface area contributed by atoms with E-state index in [1.807, 2.05) is 18.2 Å². The summed E-state index contributed by atoms with van der Waals surface area (Å²) in [5.41, 5.74) is 7.61. The van der Waals surface area contributed by atoms with Gasteiger partial charge in [-0.1, -0.05) is 24.3 Å². The largest absolute Gasteiger partial charge is 0.494 e. The van der Waals surface area contributed by atoms with Crippen LogP contribution in [0.5, 0.6) is 5.75 Å². The standard InChI is InChI=1S/C23H24FN3O2.C22H24FN3O2/c24-16-8-6-15(7-9-16)21(28)5-2-11-26-12-10-20-18(13-26)17-3-1-4-19-23(17)27(20)14-22(29)25-19;23-15-5-7-16(8-6-15)28-12-2-10-25-11-9-20-18(13-25)17-3-1-4-19-22(17)26(20)14-21(27)24-19/h1,3-4,6-9,18,20H,2,5,10-14H2,(H,25,29);1,3-8,18,20H,2,9-14H2,(H,24,27)/t2*18-,20-/m00/s1. The molecule has 10 nitrogen and oxygen atoms in total. The van der Waals surface area contributed by atoms with E-state index in [1.54, 1.807) is 24.3 Å². The van der Waals surface area contributed by atoms with E-state index in [0.29, 0.717) is 61.3 Å². The van der Waals surface area contributed by atoms with E-state index in [9.17, 15) is 23.2 Å². The number of hydrogen-bond acceptors (Lipinski definition) is 8. The van der Waals surface area contributed by atoms with Crippen molar-refractivity contribution in [3.8, 4) is 5.75 Å². The molecule has 2 N–H and O–H groups in total. The van der Waals surface area contributed by atoms with Gasteiger partial charge in [0.25, 0.3) is 0 Å². The molecule has 0 aromatic heterocycles. The Balaban J connectivity index is 0.000000148. The lowest BCUT2D eigenvalue weighted by molar-refractivity contribution is -0.116. The number of ether oxygens (including phenoxy) is 1. The molecule has 0 radical (unpaired) electrons. The van der Waals surface area contributed by atoms with Crippen LogP contribution in [0.4, 0.5) is 31.5 Å². The molecule has 296 valence electrons. The van der Waals surface area contributed by atoms with E-state index >= 15 is 0 Å². The van der Waals surface area contributed by atoms with Gasteiger partial charge < -0.3 is 35.0 Å². The lowest BCUT2D eigenvalue weighted by Gasteiger charge is -2.39. The number of benzene rings is 4. The minimum atomic E-state index is -0.320. The van der Waals surface area contributed by atoms with E-state index < -0.39 is 0 Å². The molecule has 6 heterocycles. The molecule has 2 fully saturated rings. The van der Waals surface area contributed by atoms with Crippen LogP contribution in [0.15, 0.2) is 84.9 Å². The summed E-state index contributed by atoms with van der Waals surface area (Å²) in [5.74, 6) is 1.22. The summed E-state index contributed by atoms with van der Waals surface area (Å²) in [6.07, 6.45) is 4.31. The van der Waals surface area contributed by atoms with Crippen molar-refractivity contribution in [2.75, 3.05) is 79.4 Å². The topological polar surface area (TPSA) is 97.5 Å². The number of amides is 2. The van der Waals surface area contributed by atoms with Crippen molar-refractivity contribution in [3.05, 3.63) is 113 Å². The summed E-state index contributed by atoms with van der Waals surface area (Å²) in [6.45, 7) is 7.39. The van der Waals surface area contributed by atoms with Crippen LogP contribution in [0.1, 0.15) is 65.4 Å². The second-order valence-corrected chi connectivity index (χ2v) is 16.1. The molecule has 0 bridgehead atoms. The molecule has 57 heavy (non-hydrogen) atoms. The van der Waals surface area contributed by atoms with Gasteiger partial charge in [-0.05, 0) is 104 Å². The van der Waals surface area contributed by atoms with E-state index in [4.69, 9.17) is 4.74 Å². The lowest BCUT2D eigenvalue weighted by Crippen LogP contribution is -2.49. The summed E-state index contributed by atoms with van der Waals surface area (Å²) in [7, 11) is 0. The molecule has 12 heteroatoms. The first-order valence-corrected chi connectivity index (χ1v) is 20.3. The highest BCUT2D eigenvalue weighted by atomic mass is 19.1. The summed E-state index contributed by atoms with van der Waals surface area (Å²) in [6, 6.07) is 25.2. The van der Waals surface area contributed by atoms with Gasteiger partial charge in [0.05, 0.1) is 42.4 Å². The monoisotopic (exact) mass is 774 g/mol. The van der Waals surface area contributed by atoms with Crippen molar-refractivity contribution >= 4 is 40.3 Å². The van der Waals surface area contributed by atoms with Crippen molar-refractivity contribution < 1.29 is 27.9 Å². The maximum atomic E-state index is 13.0. The second kappa shape index (κ2) is 15.9. The normalized spacial score (nSPS) is 23.0. The number of rotatable bonds is 10. The molecule has 4 atom stereocenters. The van der Waals surface area contributed by atoms with E-state index in [-0.39, 0.29) is 29.2 Å². The van der Waals surface area contributed by atoms with Crippen LogP contribution in [-0.4, -0.2) is 98.4 Å². The van der Waals surface area contributed by atoms with Gasteiger partial charge in [0.2, 0.25) is 11.8 Å². The number of fused-ring (bicyclic) bond motifs is 6. The van der Waals surface area contributed by atoms with E-state index in [2.05, 4.69) is 48.4 Å². The molecule has 2 amide bonds. The highest BCUT2D eigenvalue weighted by Crippen LogP contribution is 2.50. The summed E-state index contributed by atoms with van der Waals surface area (Å²) in [4.78, 5) is 46.0.